The fourth-order valence-corrected chi connectivity index (χ4v) is 1.64. The van der Waals surface area contributed by atoms with E-state index in [1.165, 1.54) is 6.92 Å². The first-order chi connectivity index (χ1) is 6.93. The van der Waals surface area contributed by atoms with Crippen molar-refractivity contribution in [2.75, 3.05) is 13.2 Å². The topological polar surface area (TPSA) is 65.0 Å². The smallest absolute Gasteiger partial charge is 0.302 e. The predicted octanol–water partition coefficient (Wildman–Crippen LogP) is 0.452. The Bertz CT molecular complexity index is 226. The van der Waals surface area contributed by atoms with E-state index in [1.807, 2.05) is 0 Å². The average molecular weight is 218 g/mol. The molecule has 15 heavy (non-hydrogen) atoms. The van der Waals surface area contributed by atoms with Crippen molar-refractivity contribution < 1.29 is 24.1 Å². The van der Waals surface area contributed by atoms with Crippen LogP contribution in [0.2, 0.25) is 0 Å². The maximum atomic E-state index is 10.6. The Balaban J connectivity index is 2.47. The lowest BCUT2D eigenvalue weighted by atomic mass is 10.1. The SMILES string of the molecule is CC(=O)OC[C@@H]1C[C@H](CO)OC(C)(C)O1. The number of carbonyl (C=O) groups excluding carboxylic acids is 1. The Morgan fingerprint density at radius 1 is 1.47 bits per heavy atom. The Labute approximate surface area is 89.3 Å². The molecule has 0 bridgehead atoms. The average Bonchev–Trinajstić information content (AvgIpc) is 2.12. The summed E-state index contributed by atoms with van der Waals surface area (Å²) in [6.45, 7) is 5.06. The summed E-state index contributed by atoms with van der Waals surface area (Å²) in [6, 6.07) is 0. The first kappa shape index (κ1) is 12.4. The maximum Gasteiger partial charge on any atom is 0.302 e. The molecule has 0 spiro atoms. The zero-order valence-corrected chi connectivity index (χ0v) is 9.36. The molecule has 5 heteroatoms. The Morgan fingerprint density at radius 2 is 2.07 bits per heavy atom. The molecular formula is C10H18O5. The summed E-state index contributed by atoms with van der Waals surface area (Å²) in [5, 5.41) is 9.03. The van der Waals surface area contributed by atoms with Crippen LogP contribution >= 0.6 is 0 Å². The third-order valence-electron chi connectivity index (χ3n) is 2.10. The number of hydrogen-bond acceptors (Lipinski definition) is 5. The summed E-state index contributed by atoms with van der Waals surface area (Å²) in [5.41, 5.74) is 0. The minimum Gasteiger partial charge on any atom is -0.463 e. The fourth-order valence-electron chi connectivity index (χ4n) is 1.64. The second kappa shape index (κ2) is 4.92. The molecule has 0 amide bonds. The molecule has 0 aromatic carbocycles. The van der Waals surface area contributed by atoms with E-state index < -0.39 is 5.79 Å². The molecule has 0 aliphatic carbocycles. The number of hydrogen-bond donors (Lipinski definition) is 1. The summed E-state index contributed by atoms with van der Waals surface area (Å²) in [7, 11) is 0. The molecule has 0 unspecified atom stereocenters. The first-order valence-corrected chi connectivity index (χ1v) is 5.03. The number of ether oxygens (including phenoxy) is 3. The zero-order chi connectivity index (χ0) is 11.5. The van der Waals surface area contributed by atoms with Gasteiger partial charge >= 0.3 is 5.97 Å². The molecule has 0 aromatic rings. The van der Waals surface area contributed by atoms with Crippen molar-refractivity contribution in [3.8, 4) is 0 Å². The second-order valence-electron chi connectivity index (χ2n) is 4.10. The van der Waals surface area contributed by atoms with Crippen LogP contribution < -0.4 is 0 Å². The molecule has 5 nitrogen and oxygen atoms in total. The Morgan fingerprint density at radius 3 is 2.60 bits per heavy atom. The summed E-state index contributed by atoms with van der Waals surface area (Å²) in [6.07, 6.45) is 0.0665. The van der Waals surface area contributed by atoms with Gasteiger partial charge in [0.2, 0.25) is 0 Å². The van der Waals surface area contributed by atoms with Gasteiger partial charge in [-0.3, -0.25) is 4.79 Å². The van der Waals surface area contributed by atoms with Crippen LogP contribution in [0.1, 0.15) is 27.2 Å². The van der Waals surface area contributed by atoms with Crippen molar-refractivity contribution in [1.29, 1.82) is 0 Å². The summed E-state index contributed by atoms with van der Waals surface area (Å²) in [5.74, 6) is -1.07. The number of aliphatic hydroxyl groups excluding tert-OH is 1. The van der Waals surface area contributed by atoms with Crippen molar-refractivity contribution in [1.82, 2.24) is 0 Å². The van der Waals surface area contributed by atoms with Crippen LogP contribution in [-0.2, 0) is 19.0 Å². The molecule has 1 aliphatic heterocycles. The number of esters is 1. The van der Waals surface area contributed by atoms with Gasteiger partial charge in [0, 0.05) is 13.3 Å². The van der Waals surface area contributed by atoms with Gasteiger partial charge in [0.15, 0.2) is 5.79 Å². The van der Waals surface area contributed by atoms with Gasteiger partial charge in [-0.2, -0.15) is 0 Å². The van der Waals surface area contributed by atoms with Crippen LogP contribution in [0.15, 0.2) is 0 Å². The molecule has 2 atom stereocenters. The number of carbonyl (C=O) groups is 1. The van der Waals surface area contributed by atoms with Gasteiger partial charge < -0.3 is 19.3 Å². The Kier molecular flexibility index (Phi) is 4.07. The summed E-state index contributed by atoms with van der Waals surface area (Å²) >= 11 is 0. The highest BCUT2D eigenvalue weighted by Crippen LogP contribution is 2.26. The van der Waals surface area contributed by atoms with Gasteiger partial charge in [-0.15, -0.1) is 0 Å². The standard InChI is InChI=1S/C10H18O5/c1-7(12)13-6-9-4-8(5-11)14-10(2,3)15-9/h8-9,11H,4-6H2,1-3H3/t8-,9+/m1/s1. The molecule has 0 radical (unpaired) electrons. The monoisotopic (exact) mass is 218 g/mol. The molecule has 1 aliphatic rings. The van der Waals surface area contributed by atoms with E-state index in [9.17, 15) is 4.79 Å². The van der Waals surface area contributed by atoms with Crippen LogP contribution in [0.3, 0.4) is 0 Å². The third-order valence-corrected chi connectivity index (χ3v) is 2.10. The van der Waals surface area contributed by atoms with Crippen molar-refractivity contribution >= 4 is 5.97 Å². The van der Waals surface area contributed by atoms with E-state index in [4.69, 9.17) is 19.3 Å². The van der Waals surface area contributed by atoms with Crippen molar-refractivity contribution in [3.63, 3.8) is 0 Å². The molecular weight excluding hydrogens is 200 g/mol. The van der Waals surface area contributed by atoms with Crippen molar-refractivity contribution in [2.45, 2.75) is 45.2 Å². The van der Waals surface area contributed by atoms with E-state index in [1.54, 1.807) is 13.8 Å². The van der Waals surface area contributed by atoms with E-state index >= 15 is 0 Å². The molecule has 88 valence electrons. The molecule has 1 N–H and O–H groups in total. The molecule has 1 heterocycles. The minimum absolute atomic E-state index is 0.0522. The summed E-state index contributed by atoms with van der Waals surface area (Å²) in [4.78, 5) is 10.6. The van der Waals surface area contributed by atoms with Crippen molar-refractivity contribution in [3.05, 3.63) is 0 Å². The zero-order valence-electron chi connectivity index (χ0n) is 9.36. The van der Waals surface area contributed by atoms with Gasteiger partial charge in [0.1, 0.15) is 6.61 Å². The fraction of sp³-hybridized carbons (Fsp3) is 0.900. The lowest BCUT2D eigenvalue weighted by Crippen LogP contribution is -2.47. The lowest BCUT2D eigenvalue weighted by Gasteiger charge is -2.39. The number of aliphatic hydroxyl groups is 1. The Hall–Kier alpha value is -0.650. The van der Waals surface area contributed by atoms with E-state index in [0.29, 0.717) is 6.42 Å². The largest absolute Gasteiger partial charge is 0.463 e. The summed E-state index contributed by atoms with van der Waals surface area (Å²) < 4.78 is 15.9. The van der Waals surface area contributed by atoms with Crippen LogP contribution in [0.25, 0.3) is 0 Å². The first-order valence-electron chi connectivity index (χ1n) is 5.03. The van der Waals surface area contributed by atoms with Gasteiger partial charge in [-0.1, -0.05) is 0 Å². The van der Waals surface area contributed by atoms with Gasteiger partial charge in [-0.05, 0) is 13.8 Å². The van der Waals surface area contributed by atoms with Crippen LogP contribution in [0, 0.1) is 0 Å². The van der Waals surface area contributed by atoms with Crippen LogP contribution in [0.4, 0.5) is 0 Å². The van der Waals surface area contributed by atoms with E-state index in [2.05, 4.69) is 0 Å². The predicted molar refractivity (Wildman–Crippen MR) is 52.2 cm³/mol. The second-order valence-corrected chi connectivity index (χ2v) is 4.10. The highest BCUT2D eigenvalue weighted by atomic mass is 16.7. The molecule has 1 rings (SSSR count). The van der Waals surface area contributed by atoms with Crippen LogP contribution in [-0.4, -0.2) is 42.3 Å². The molecule has 1 saturated heterocycles. The van der Waals surface area contributed by atoms with Gasteiger partial charge in [-0.25, -0.2) is 0 Å². The highest BCUT2D eigenvalue weighted by Gasteiger charge is 2.35. The van der Waals surface area contributed by atoms with E-state index in [-0.39, 0.29) is 31.4 Å². The number of rotatable bonds is 3. The van der Waals surface area contributed by atoms with E-state index in [0.717, 1.165) is 0 Å². The maximum absolute atomic E-state index is 10.6. The lowest BCUT2D eigenvalue weighted by molar-refractivity contribution is -0.308. The van der Waals surface area contributed by atoms with Crippen LogP contribution in [0.5, 0.6) is 0 Å². The molecule has 0 saturated carbocycles. The third kappa shape index (κ3) is 4.15. The quantitative estimate of drug-likeness (QED) is 0.697. The molecule has 1 fully saturated rings. The van der Waals surface area contributed by atoms with Crippen molar-refractivity contribution in [2.24, 2.45) is 0 Å². The molecule has 0 aromatic heterocycles. The minimum atomic E-state index is -0.740. The normalized spacial score (nSPS) is 29.9. The highest BCUT2D eigenvalue weighted by molar-refractivity contribution is 5.65. The van der Waals surface area contributed by atoms with Gasteiger partial charge in [0.05, 0.1) is 18.8 Å². The van der Waals surface area contributed by atoms with Gasteiger partial charge in [0.25, 0.3) is 0 Å².